The second-order valence-corrected chi connectivity index (χ2v) is 5.08. The van der Waals surface area contributed by atoms with Crippen molar-refractivity contribution in [2.45, 2.75) is 0 Å². The molecule has 1 aromatic carbocycles. The van der Waals surface area contributed by atoms with Gasteiger partial charge in [-0.05, 0) is 18.2 Å². The average molecular weight is 289 g/mol. The highest BCUT2D eigenvalue weighted by Crippen LogP contribution is 2.23. The summed E-state index contributed by atoms with van der Waals surface area (Å²) in [5.41, 5.74) is 2.17. The number of carbonyl (C=O) groups excluding carboxylic acids is 1. The van der Waals surface area contributed by atoms with E-state index in [1.165, 1.54) is 0 Å². The van der Waals surface area contributed by atoms with Gasteiger partial charge in [-0.25, -0.2) is 0 Å². The molecular formula is C14H13ClN4O. The molecule has 1 N–H and O–H groups in total. The van der Waals surface area contributed by atoms with Gasteiger partial charge in [-0.2, -0.15) is 5.10 Å². The number of hydrogen-bond acceptors (Lipinski definition) is 2. The lowest BCUT2D eigenvalue weighted by atomic mass is 10.2. The number of nitrogens with zero attached hydrogens (tertiary/aromatic N) is 3. The Morgan fingerprint density at radius 2 is 2.10 bits per heavy atom. The van der Waals surface area contributed by atoms with E-state index in [9.17, 15) is 4.79 Å². The highest BCUT2D eigenvalue weighted by atomic mass is 35.5. The van der Waals surface area contributed by atoms with Gasteiger partial charge in [-0.15, -0.1) is 0 Å². The zero-order chi connectivity index (χ0) is 14.3. The van der Waals surface area contributed by atoms with Crippen molar-refractivity contribution in [1.29, 1.82) is 0 Å². The van der Waals surface area contributed by atoms with Gasteiger partial charge >= 0.3 is 0 Å². The Morgan fingerprint density at radius 1 is 1.30 bits per heavy atom. The number of fused-ring (bicyclic) bond motifs is 1. The molecule has 0 bridgehead atoms. The third-order valence-electron chi connectivity index (χ3n) is 3.20. The quantitative estimate of drug-likeness (QED) is 0.788. The van der Waals surface area contributed by atoms with E-state index in [2.05, 4.69) is 10.4 Å². The molecule has 20 heavy (non-hydrogen) atoms. The second kappa shape index (κ2) is 4.68. The summed E-state index contributed by atoms with van der Waals surface area (Å²) < 4.78 is 3.46. The van der Waals surface area contributed by atoms with E-state index in [0.29, 0.717) is 16.4 Å². The van der Waals surface area contributed by atoms with Gasteiger partial charge in [-0.1, -0.05) is 17.7 Å². The number of nitrogens with one attached hydrogen (secondary N) is 1. The number of rotatable bonds is 2. The zero-order valence-corrected chi connectivity index (χ0v) is 11.8. The molecule has 0 atom stereocenters. The Kier molecular flexibility index (Phi) is 2.99. The average Bonchev–Trinajstić information content (AvgIpc) is 2.94. The lowest BCUT2D eigenvalue weighted by molar-refractivity contribution is 0.102. The van der Waals surface area contributed by atoms with Crippen LogP contribution in [0.5, 0.6) is 0 Å². The van der Waals surface area contributed by atoms with E-state index in [1.54, 1.807) is 24.1 Å². The largest absolute Gasteiger partial charge is 0.340 e. The van der Waals surface area contributed by atoms with Crippen molar-refractivity contribution in [2.75, 3.05) is 5.32 Å². The molecule has 0 fully saturated rings. The van der Waals surface area contributed by atoms with Crippen LogP contribution in [0.15, 0.2) is 36.7 Å². The summed E-state index contributed by atoms with van der Waals surface area (Å²) >= 11 is 5.99. The highest BCUT2D eigenvalue weighted by molar-refractivity contribution is 6.31. The molecule has 0 saturated carbocycles. The molecule has 1 amide bonds. The molecular weight excluding hydrogens is 276 g/mol. The predicted octanol–water partition coefficient (Wildman–Crippen LogP) is 2.82. The van der Waals surface area contributed by atoms with E-state index >= 15 is 0 Å². The minimum absolute atomic E-state index is 0.173. The fourth-order valence-electron chi connectivity index (χ4n) is 2.20. The van der Waals surface area contributed by atoms with E-state index < -0.39 is 0 Å². The standard InChI is InChI=1S/C14H13ClN4O/c1-18-8-11(7-16-18)17-14(20)13-5-9-3-4-10(15)6-12(9)19(13)2/h3-8H,1-2H3,(H,17,20). The number of benzene rings is 1. The normalized spacial score (nSPS) is 10.9. The molecule has 0 aliphatic rings. The van der Waals surface area contributed by atoms with Crippen LogP contribution in [0.25, 0.3) is 10.9 Å². The fourth-order valence-corrected chi connectivity index (χ4v) is 2.37. The molecule has 0 radical (unpaired) electrons. The van der Waals surface area contributed by atoms with Crippen molar-refractivity contribution in [2.24, 2.45) is 14.1 Å². The third-order valence-corrected chi connectivity index (χ3v) is 3.44. The maximum atomic E-state index is 12.3. The summed E-state index contributed by atoms with van der Waals surface area (Å²) in [6, 6.07) is 7.40. The van der Waals surface area contributed by atoms with Crippen LogP contribution in [-0.4, -0.2) is 20.3 Å². The van der Waals surface area contributed by atoms with Crippen LogP contribution >= 0.6 is 11.6 Å². The van der Waals surface area contributed by atoms with Gasteiger partial charge in [0, 0.05) is 36.2 Å². The topological polar surface area (TPSA) is 51.9 Å². The van der Waals surface area contributed by atoms with E-state index in [-0.39, 0.29) is 5.91 Å². The maximum absolute atomic E-state index is 12.3. The second-order valence-electron chi connectivity index (χ2n) is 4.65. The van der Waals surface area contributed by atoms with Crippen LogP contribution in [0.1, 0.15) is 10.5 Å². The van der Waals surface area contributed by atoms with Gasteiger partial charge in [0.1, 0.15) is 5.69 Å². The van der Waals surface area contributed by atoms with E-state index in [4.69, 9.17) is 11.6 Å². The Balaban J connectivity index is 1.97. The molecule has 5 nitrogen and oxygen atoms in total. The van der Waals surface area contributed by atoms with Crippen LogP contribution in [0.4, 0.5) is 5.69 Å². The van der Waals surface area contributed by atoms with Crippen molar-refractivity contribution < 1.29 is 4.79 Å². The van der Waals surface area contributed by atoms with Crippen LogP contribution in [0.2, 0.25) is 5.02 Å². The number of aryl methyl sites for hydroxylation is 2. The van der Waals surface area contributed by atoms with Gasteiger partial charge in [-0.3, -0.25) is 9.48 Å². The molecule has 3 aromatic rings. The smallest absolute Gasteiger partial charge is 0.272 e. The van der Waals surface area contributed by atoms with Crippen LogP contribution in [0.3, 0.4) is 0 Å². The van der Waals surface area contributed by atoms with Crippen LogP contribution < -0.4 is 5.32 Å². The monoisotopic (exact) mass is 288 g/mol. The first-order valence-corrected chi connectivity index (χ1v) is 6.47. The molecule has 0 saturated heterocycles. The van der Waals surface area contributed by atoms with Crippen molar-refractivity contribution >= 4 is 34.1 Å². The SMILES string of the molecule is Cn1cc(NC(=O)c2cc3ccc(Cl)cc3n2C)cn1. The Morgan fingerprint density at radius 3 is 2.80 bits per heavy atom. The first kappa shape index (κ1) is 12.7. The van der Waals surface area contributed by atoms with Gasteiger partial charge < -0.3 is 9.88 Å². The molecule has 0 spiro atoms. The number of hydrogen-bond donors (Lipinski definition) is 1. The number of amides is 1. The summed E-state index contributed by atoms with van der Waals surface area (Å²) in [7, 11) is 3.64. The predicted molar refractivity (Wildman–Crippen MR) is 79.1 cm³/mol. The summed E-state index contributed by atoms with van der Waals surface area (Å²) in [5.74, 6) is -0.173. The number of carbonyl (C=O) groups is 1. The maximum Gasteiger partial charge on any atom is 0.272 e. The van der Waals surface area contributed by atoms with Gasteiger partial charge in [0.15, 0.2) is 0 Å². The Bertz CT molecular complexity index is 803. The summed E-state index contributed by atoms with van der Waals surface area (Å²) in [5, 5.41) is 8.47. The minimum Gasteiger partial charge on any atom is -0.340 e. The number of aromatic nitrogens is 3. The van der Waals surface area contributed by atoms with Crippen molar-refractivity contribution in [1.82, 2.24) is 14.3 Å². The molecule has 0 unspecified atom stereocenters. The summed E-state index contributed by atoms with van der Waals surface area (Å²) in [6.45, 7) is 0. The summed E-state index contributed by atoms with van der Waals surface area (Å²) in [6.07, 6.45) is 3.36. The van der Waals surface area contributed by atoms with Crippen LogP contribution in [0, 0.1) is 0 Å². The number of halogens is 1. The number of anilines is 1. The Labute approximate surface area is 120 Å². The molecule has 3 rings (SSSR count). The van der Waals surface area contributed by atoms with Crippen molar-refractivity contribution in [3.8, 4) is 0 Å². The van der Waals surface area contributed by atoms with Crippen molar-refractivity contribution in [3.63, 3.8) is 0 Å². The summed E-state index contributed by atoms with van der Waals surface area (Å²) in [4.78, 5) is 12.3. The van der Waals surface area contributed by atoms with Crippen LogP contribution in [-0.2, 0) is 14.1 Å². The van der Waals surface area contributed by atoms with E-state index in [0.717, 1.165) is 10.9 Å². The molecule has 2 heterocycles. The first-order valence-electron chi connectivity index (χ1n) is 6.09. The molecule has 0 aliphatic heterocycles. The lowest BCUT2D eigenvalue weighted by Gasteiger charge is -2.04. The minimum atomic E-state index is -0.173. The van der Waals surface area contributed by atoms with E-state index in [1.807, 2.05) is 35.9 Å². The first-order chi connectivity index (χ1) is 9.54. The highest BCUT2D eigenvalue weighted by Gasteiger charge is 2.14. The van der Waals surface area contributed by atoms with Gasteiger partial charge in [0.25, 0.3) is 5.91 Å². The fraction of sp³-hybridized carbons (Fsp3) is 0.143. The van der Waals surface area contributed by atoms with Crippen molar-refractivity contribution in [3.05, 3.63) is 47.4 Å². The zero-order valence-electron chi connectivity index (χ0n) is 11.1. The van der Waals surface area contributed by atoms with Gasteiger partial charge in [0.05, 0.1) is 11.9 Å². The molecule has 102 valence electrons. The molecule has 0 aliphatic carbocycles. The van der Waals surface area contributed by atoms with Gasteiger partial charge in [0.2, 0.25) is 0 Å². The lowest BCUT2D eigenvalue weighted by Crippen LogP contribution is -2.15. The Hall–Kier alpha value is -2.27. The molecule has 6 heteroatoms. The third kappa shape index (κ3) is 2.16. The molecule has 2 aromatic heterocycles.